The Morgan fingerprint density at radius 2 is 1.93 bits per heavy atom. The van der Waals surface area contributed by atoms with Crippen LogP contribution in [0.5, 0.6) is 0 Å². The maximum absolute atomic E-state index is 11.7. The molecule has 0 bridgehead atoms. The minimum absolute atomic E-state index is 0.0354. The zero-order valence-electron chi connectivity index (χ0n) is 8.07. The molecule has 1 atom stereocenters. The molecule has 0 aliphatic heterocycles. The van der Waals surface area contributed by atoms with E-state index >= 15 is 0 Å². The first-order chi connectivity index (χ1) is 6.61. The third kappa shape index (κ3) is 3.44. The Morgan fingerprint density at radius 1 is 1.36 bits per heavy atom. The molecule has 2 nitrogen and oxygen atoms in total. The van der Waals surface area contributed by atoms with Gasteiger partial charge in [-0.15, -0.1) is 0 Å². The van der Waals surface area contributed by atoms with Crippen molar-refractivity contribution in [1.29, 1.82) is 0 Å². The topological polar surface area (TPSA) is 26.3 Å². The van der Waals surface area contributed by atoms with Gasteiger partial charge in [0.05, 0.1) is 0 Å². The van der Waals surface area contributed by atoms with Crippen LogP contribution in [-0.4, -0.2) is 23.3 Å². The SMILES string of the molecule is C[S+](C)OC(Br)C(=O)c1ccccc1. The number of benzene rings is 1. The van der Waals surface area contributed by atoms with E-state index in [1.807, 2.05) is 30.7 Å². The first-order valence-electron chi connectivity index (χ1n) is 4.09. The molecule has 76 valence electrons. The molecule has 0 aliphatic rings. The average Bonchev–Trinajstić information content (AvgIpc) is 2.17. The zero-order valence-corrected chi connectivity index (χ0v) is 10.5. The third-order valence-corrected chi connectivity index (χ3v) is 2.97. The molecular formula is C10H12BrO2S+. The Labute approximate surface area is 95.3 Å². The van der Waals surface area contributed by atoms with E-state index in [1.54, 1.807) is 12.1 Å². The normalized spacial score (nSPS) is 12.9. The molecule has 0 saturated carbocycles. The minimum Gasteiger partial charge on any atom is -0.290 e. The largest absolute Gasteiger partial charge is 0.290 e. The minimum atomic E-state index is -0.539. The van der Waals surface area contributed by atoms with Crippen LogP contribution in [-0.2, 0) is 15.4 Å². The van der Waals surface area contributed by atoms with Crippen LogP contribution in [0.1, 0.15) is 10.4 Å². The van der Waals surface area contributed by atoms with Gasteiger partial charge in [0.15, 0.2) is 0 Å². The van der Waals surface area contributed by atoms with Crippen LogP contribution >= 0.6 is 15.9 Å². The van der Waals surface area contributed by atoms with Gasteiger partial charge >= 0.3 is 0 Å². The van der Waals surface area contributed by atoms with Crippen molar-refractivity contribution in [2.24, 2.45) is 0 Å². The average molecular weight is 276 g/mol. The predicted octanol–water partition coefficient (Wildman–Crippen LogP) is 2.40. The number of ketones is 1. The van der Waals surface area contributed by atoms with Crippen molar-refractivity contribution in [2.45, 2.75) is 5.01 Å². The van der Waals surface area contributed by atoms with Crippen molar-refractivity contribution in [3.05, 3.63) is 35.9 Å². The van der Waals surface area contributed by atoms with Crippen LogP contribution in [0.4, 0.5) is 0 Å². The smallest absolute Gasteiger partial charge is 0.231 e. The van der Waals surface area contributed by atoms with Crippen LogP contribution in [0.15, 0.2) is 30.3 Å². The first-order valence-corrected chi connectivity index (χ1v) is 6.97. The second-order valence-corrected chi connectivity index (χ2v) is 5.39. The number of carbonyl (C=O) groups is 1. The van der Waals surface area contributed by atoms with Crippen LogP contribution in [0.3, 0.4) is 0 Å². The van der Waals surface area contributed by atoms with E-state index < -0.39 is 5.01 Å². The molecule has 4 heteroatoms. The highest BCUT2D eigenvalue weighted by Gasteiger charge is 2.23. The molecule has 0 heterocycles. The highest BCUT2D eigenvalue weighted by Crippen LogP contribution is 2.13. The molecule has 0 amide bonds. The summed E-state index contributed by atoms with van der Waals surface area (Å²) in [6.07, 6.45) is 3.85. The molecule has 0 N–H and O–H groups in total. The number of hydrogen-bond donors (Lipinski definition) is 0. The van der Waals surface area contributed by atoms with Crippen molar-refractivity contribution in [1.82, 2.24) is 0 Å². The Balaban J connectivity index is 2.66. The zero-order chi connectivity index (χ0) is 10.6. The summed E-state index contributed by atoms with van der Waals surface area (Å²) in [5.74, 6) is -0.0354. The lowest BCUT2D eigenvalue weighted by Crippen LogP contribution is -2.20. The van der Waals surface area contributed by atoms with Gasteiger partial charge in [-0.2, -0.15) is 4.18 Å². The van der Waals surface area contributed by atoms with Crippen molar-refractivity contribution in [2.75, 3.05) is 12.5 Å². The van der Waals surface area contributed by atoms with E-state index in [1.165, 1.54) is 0 Å². The number of rotatable bonds is 4. The second kappa shape index (κ2) is 5.53. The number of alkyl halides is 1. The van der Waals surface area contributed by atoms with E-state index in [0.29, 0.717) is 5.56 Å². The van der Waals surface area contributed by atoms with Gasteiger partial charge in [-0.3, -0.25) is 4.79 Å². The Kier molecular flexibility index (Phi) is 4.65. The fourth-order valence-corrected chi connectivity index (χ4v) is 2.55. The highest BCUT2D eigenvalue weighted by molar-refractivity contribution is 9.09. The van der Waals surface area contributed by atoms with Crippen molar-refractivity contribution in [3.63, 3.8) is 0 Å². The Morgan fingerprint density at radius 3 is 2.43 bits per heavy atom. The molecule has 0 radical (unpaired) electrons. The summed E-state index contributed by atoms with van der Waals surface area (Å²) in [6, 6.07) is 9.12. The van der Waals surface area contributed by atoms with Gasteiger partial charge in [-0.05, 0) is 15.9 Å². The van der Waals surface area contributed by atoms with Crippen LogP contribution in [0.2, 0.25) is 0 Å². The maximum Gasteiger partial charge on any atom is 0.231 e. The molecule has 1 rings (SSSR count). The molecule has 1 unspecified atom stereocenters. The lowest BCUT2D eigenvalue weighted by atomic mass is 10.1. The maximum atomic E-state index is 11.7. The van der Waals surface area contributed by atoms with Crippen LogP contribution in [0, 0.1) is 0 Å². The van der Waals surface area contributed by atoms with Crippen LogP contribution in [0.25, 0.3) is 0 Å². The molecule has 14 heavy (non-hydrogen) atoms. The number of hydrogen-bond acceptors (Lipinski definition) is 2. The van der Waals surface area contributed by atoms with Gasteiger partial charge in [0, 0.05) is 5.56 Å². The summed E-state index contributed by atoms with van der Waals surface area (Å²) >= 11 is 3.01. The molecule has 1 aromatic carbocycles. The fraction of sp³-hybridized carbons (Fsp3) is 0.300. The molecule has 0 spiro atoms. The lowest BCUT2D eigenvalue weighted by molar-refractivity contribution is 0.0911. The quantitative estimate of drug-likeness (QED) is 0.479. The van der Waals surface area contributed by atoms with Crippen molar-refractivity contribution in [3.8, 4) is 0 Å². The van der Waals surface area contributed by atoms with Gasteiger partial charge in [0.25, 0.3) is 0 Å². The van der Waals surface area contributed by atoms with Gasteiger partial charge in [0.2, 0.25) is 10.8 Å². The highest BCUT2D eigenvalue weighted by atomic mass is 79.9. The van der Waals surface area contributed by atoms with E-state index in [4.69, 9.17) is 4.18 Å². The molecule has 1 aromatic rings. The van der Waals surface area contributed by atoms with Gasteiger partial charge < -0.3 is 0 Å². The summed E-state index contributed by atoms with van der Waals surface area (Å²) < 4.78 is 5.36. The molecule has 0 saturated heterocycles. The number of carbonyl (C=O) groups excluding carboxylic acids is 1. The van der Waals surface area contributed by atoms with E-state index in [9.17, 15) is 4.79 Å². The molecular weight excluding hydrogens is 264 g/mol. The van der Waals surface area contributed by atoms with Gasteiger partial charge in [0.1, 0.15) is 23.7 Å². The number of Topliss-reactive ketones (excluding diaryl/α,β-unsaturated/α-hetero) is 1. The standard InChI is InChI=1S/C10H12BrO2S/c1-14(2)13-10(11)9(12)8-6-4-3-5-7-8/h3-7,10H,1-2H3/q+1. The summed E-state index contributed by atoms with van der Waals surface area (Å²) in [7, 11) is 0. The Hall–Kier alpha value is -0.320. The predicted molar refractivity (Wildman–Crippen MR) is 63.8 cm³/mol. The molecule has 0 aromatic heterocycles. The van der Waals surface area contributed by atoms with Gasteiger partial charge in [-0.1, -0.05) is 30.3 Å². The first kappa shape index (κ1) is 11.8. The van der Waals surface area contributed by atoms with E-state index in [2.05, 4.69) is 15.9 Å². The third-order valence-electron chi connectivity index (χ3n) is 1.54. The van der Waals surface area contributed by atoms with E-state index in [0.717, 1.165) is 0 Å². The summed E-state index contributed by atoms with van der Waals surface area (Å²) in [6.45, 7) is 0. The summed E-state index contributed by atoms with van der Waals surface area (Å²) in [5.41, 5.74) is 0.667. The van der Waals surface area contributed by atoms with Crippen molar-refractivity contribution < 1.29 is 8.98 Å². The van der Waals surface area contributed by atoms with Gasteiger partial charge in [-0.25, -0.2) is 0 Å². The van der Waals surface area contributed by atoms with Crippen molar-refractivity contribution >= 4 is 32.9 Å². The summed E-state index contributed by atoms with van der Waals surface area (Å²) in [5, 5.41) is -0.539. The monoisotopic (exact) mass is 275 g/mol. The van der Waals surface area contributed by atoms with E-state index in [-0.39, 0.29) is 17.0 Å². The Bertz CT molecular complexity index is 300. The molecule has 0 fully saturated rings. The summed E-state index contributed by atoms with van der Waals surface area (Å²) in [4.78, 5) is 11.7. The van der Waals surface area contributed by atoms with Crippen LogP contribution < -0.4 is 0 Å². The fourth-order valence-electron chi connectivity index (χ4n) is 0.946. The molecule has 0 aliphatic carbocycles. The second-order valence-electron chi connectivity index (χ2n) is 2.88. The number of halogens is 1. The lowest BCUT2D eigenvalue weighted by Gasteiger charge is -2.05.